The first kappa shape index (κ1) is 12.5. The van der Waals surface area contributed by atoms with Crippen molar-refractivity contribution < 1.29 is 12.8 Å². The molecule has 0 saturated heterocycles. The van der Waals surface area contributed by atoms with Crippen LogP contribution in [0.4, 0.5) is 4.39 Å². The Morgan fingerprint density at radius 1 is 1.24 bits per heavy atom. The van der Waals surface area contributed by atoms with Gasteiger partial charge in [-0.05, 0) is 49.9 Å². The Bertz CT molecular complexity index is 512. The van der Waals surface area contributed by atoms with Crippen molar-refractivity contribution in [2.75, 3.05) is 0 Å². The number of rotatable bonds is 3. The molecular formula is C12H16FNO2S. The molecule has 0 aliphatic heterocycles. The van der Waals surface area contributed by atoms with Crippen molar-refractivity contribution in [1.29, 1.82) is 0 Å². The van der Waals surface area contributed by atoms with Crippen LogP contribution in [-0.2, 0) is 10.0 Å². The number of aryl methyl sites for hydroxylation is 2. The minimum absolute atomic E-state index is 0.0452. The Kier molecular flexibility index (Phi) is 3.23. The van der Waals surface area contributed by atoms with Crippen molar-refractivity contribution in [3.63, 3.8) is 0 Å². The molecule has 0 unspecified atom stereocenters. The van der Waals surface area contributed by atoms with E-state index in [2.05, 4.69) is 4.72 Å². The smallest absolute Gasteiger partial charge is 0.208 e. The first-order valence-electron chi connectivity index (χ1n) is 5.69. The largest absolute Gasteiger partial charge is 0.241 e. The predicted octanol–water partition coefficient (Wildman–Crippen LogP) is 2.27. The first-order chi connectivity index (χ1) is 7.90. The van der Waals surface area contributed by atoms with E-state index >= 15 is 0 Å². The Balaban J connectivity index is 2.38. The van der Waals surface area contributed by atoms with Crippen LogP contribution in [0, 0.1) is 19.7 Å². The fraction of sp³-hybridized carbons (Fsp3) is 0.500. The van der Waals surface area contributed by atoms with Gasteiger partial charge in [0, 0.05) is 6.04 Å². The minimum atomic E-state index is -3.52. The van der Waals surface area contributed by atoms with Crippen molar-refractivity contribution >= 4 is 10.0 Å². The Morgan fingerprint density at radius 2 is 1.76 bits per heavy atom. The predicted molar refractivity (Wildman–Crippen MR) is 63.8 cm³/mol. The summed E-state index contributed by atoms with van der Waals surface area (Å²) in [5.74, 6) is -0.400. The van der Waals surface area contributed by atoms with Gasteiger partial charge in [0.15, 0.2) is 0 Å². The van der Waals surface area contributed by atoms with Crippen LogP contribution < -0.4 is 4.72 Å². The summed E-state index contributed by atoms with van der Waals surface area (Å²) in [7, 11) is -3.52. The maximum atomic E-state index is 13.1. The molecule has 0 aromatic heterocycles. The van der Waals surface area contributed by atoms with E-state index < -0.39 is 15.8 Å². The van der Waals surface area contributed by atoms with Crippen LogP contribution in [0.25, 0.3) is 0 Å². The van der Waals surface area contributed by atoms with Crippen LogP contribution in [-0.4, -0.2) is 14.5 Å². The Hall–Kier alpha value is -0.940. The average Bonchev–Trinajstić information content (AvgIpc) is 2.09. The van der Waals surface area contributed by atoms with E-state index in [-0.39, 0.29) is 10.9 Å². The standard InChI is InChI=1S/C12H16FNO2S/c1-8-6-10(13)7-9(2)12(8)17(15,16)14-11-4-3-5-11/h6-7,11,14H,3-5H2,1-2H3. The molecule has 0 heterocycles. The monoisotopic (exact) mass is 257 g/mol. The molecule has 5 heteroatoms. The second-order valence-electron chi connectivity index (χ2n) is 4.62. The molecule has 1 aliphatic rings. The molecule has 3 nitrogen and oxygen atoms in total. The zero-order chi connectivity index (χ0) is 12.6. The number of hydrogen-bond acceptors (Lipinski definition) is 2. The van der Waals surface area contributed by atoms with Crippen LogP contribution in [0.1, 0.15) is 30.4 Å². The van der Waals surface area contributed by atoms with Gasteiger partial charge in [-0.25, -0.2) is 17.5 Å². The Morgan fingerprint density at radius 3 is 2.18 bits per heavy atom. The third-order valence-corrected chi connectivity index (χ3v) is 4.95. The lowest BCUT2D eigenvalue weighted by atomic mass is 9.94. The van der Waals surface area contributed by atoms with E-state index in [0.29, 0.717) is 11.1 Å². The van der Waals surface area contributed by atoms with Gasteiger partial charge in [-0.15, -0.1) is 0 Å². The zero-order valence-electron chi connectivity index (χ0n) is 9.96. The van der Waals surface area contributed by atoms with Gasteiger partial charge in [0.05, 0.1) is 4.90 Å². The lowest BCUT2D eigenvalue weighted by Crippen LogP contribution is -2.39. The maximum absolute atomic E-state index is 13.1. The van der Waals surface area contributed by atoms with Crippen LogP contribution in [0.15, 0.2) is 17.0 Å². The number of nitrogens with one attached hydrogen (secondary N) is 1. The second-order valence-corrected chi connectivity index (χ2v) is 6.27. The van der Waals surface area contributed by atoms with Crippen LogP contribution in [0.5, 0.6) is 0 Å². The molecule has 17 heavy (non-hydrogen) atoms. The highest BCUT2D eigenvalue weighted by Gasteiger charge is 2.27. The third kappa shape index (κ3) is 2.50. The molecule has 1 aromatic rings. The lowest BCUT2D eigenvalue weighted by molar-refractivity contribution is 0.383. The Labute approximate surface area is 101 Å². The molecule has 2 rings (SSSR count). The van der Waals surface area contributed by atoms with Crippen LogP contribution in [0.3, 0.4) is 0 Å². The van der Waals surface area contributed by atoms with E-state index in [0.717, 1.165) is 19.3 Å². The van der Waals surface area contributed by atoms with Crippen LogP contribution >= 0.6 is 0 Å². The van der Waals surface area contributed by atoms with Crippen molar-refractivity contribution in [2.45, 2.75) is 44.0 Å². The van der Waals surface area contributed by atoms with Gasteiger partial charge in [-0.1, -0.05) is 6.42 Å². The lowest BCUT2D eigenvalue weighted by Gasteiger charge is -2.26. The van der Waals surface area contributed by atoms with Crippen molar-refractivity contribution in [2.24, 2.45) is 0 Å². The molecule has 1 aromatic carbocycles. The summed E-state index contributed by atoms with van der Waals surface area (Å²) in [5, 5.41) is 0. The second kappa shape index (κ2) is 4.38. The molecule has 1 aliphatic carbocycles. The van der Waals surface area contributed by atoms with Gasteiger partial charge < -0.3 is 0 Å². The molecule has 94 valence electrons. The molecule has 1 saturated carbocycles. The summed E-state index contributed by atoms with van der Waals surface area (Å²) in [6.07, 6.45) is 2.84. The number of sulfonamides is 1. The summed E-state index contributed by atoms with van der Waals surface area (Å²) in [6.45, 7) is 3.23. The van der Waals surface area contributed by atoms with Gasteiger partial charge >= 0.3 is 0 Å². The quantitative estimate of drug-likeness (QED) is 0.903. The molecular weight excluding hydrogens is 241 g/mol. The summed E-state index contributed by atoms with van der Waals surface area (Å²) in [5.41, 5.74) is 0.906. The van der Waals surface area contributed by atoms with Crippen molar-refractivity contribution in [1.82, 2.24) is 4.72 Å². The molecule has 0 bridgehead atoms. The fourth-order valence-electron chi connectivity index (χ4n) is 2.13. The molecule has 0 radical (unpaired) electrons. The van der Waals surface area contributed by atoms with E-state index in [9.17, 15) is 12.8 Å². The number of benzene rings is 1. The highest BCUT2D eigenvalue weighted by atomic mass is 32.2. The van der Waals surface area contributed by atoms with Gasteiger partial charge in [-0.3, -0.25) is 0 Å². The highest BCUT2D eigenvalue weighted by molar-refractivity contribution is 7.89. The van der Waals surface area contributed by atoms with E-state index in [4.69, 9.17) is 0 Å². The maximum Gasteiger partial charge on any atom is 0.241 e. The minimum Gasteiger partial charge on any atom is -0.208 e. The average molecular weight is 257 g/mol. The topological polar surface area (TPSA) is 46.2 Å². The van der Waals surface area contributed by atoms with Gasteiger partial charge in [-0.2, -0.15) is 0 Å². The fourth-order valence-corrected chi connectivity index (χ4v) is 3.88. The molecule has 0 atom stereocenters. The van der Waals surface area contributed by atoms with E-state index in [1.54, 1.807) is 13.8 Å². The summed E-state index contributed by atoms with van der Waals surface area (Å²) in [4.78, 5) is 0.214. The molecule has 0 amide bonds. The summed E-state index contributed by atoms with van der Waals surface area (Å²) >= 11 is 0. The number of halogens is 1. The normalized spacial score (nSPS) is 16.9. The molecule has 1 fully saturated rings. The number of hydrogen-bond donors (Lipinski definition) is 1. The zero-order valence-corrected chi connectivity index (χ0v) is 10.8. The first-order valence-corrected chi connectivity index (χ1v) is 7.17. The molecule has 0 spiro atoms. The van der Waals surface area contributed by atoms with Gasteiger partial charge in [0.1, 0.15) is 5.82 Å². The highest BCUT2D eigenvalue weighted by Crippen LogP contribution is 2.25. The summed E-state index contributed by atoms with van der Waals surface area (Å²) in [6, 6.07) is 2.55. The molecule has 1 N–H and O–H groups in total. The van der Waals surface area contributed by atoms with E-state index in [1.807, 2.05) is 0 Å². The van der Waals surface area contributed by atoms with Crippen molar-refractivity contribution in [3.8, 4) is 0 Å². The van der Waals surface area contributed by atoms with Gasteiger partial charge in [0.25, 0.3) is 0 Å². The summed E-state index contributed by atoms with van der Waals surface area (Å²) < 4.78 is 40.1. The van der Waals surface area contributed by atoms with Gasteiger partial charge in [0.2, 0.25) is 10.0 Å². The van der Waals surface area contributed by atoms with E-state index in [1.165, 1.54) is 12.1 Å². The van der Waals surface area contributed by atoms with Crippen molar-refractivity contribution in [3.05, 3.63) is 29.1 Å². The SMILES string of the molecule is Cc1cc(F)cc(C)c1S(=O)(=O)NC1CCC1. The van der Waals surface area contributed by atoms with Crippen LogP contribution in [0.2, 0.25) is 0 Å². The third-order valence-electron chi connectivity index (χ3n) is 3.12.